The number of rotatable bonds is 11. The minimum absolute atomic E-state index is 0.0119. The van der Waals surface area contributed by atoms with Crippen molar-refractivity contribution in [2.75, 3.05) is 34.5 Å². The smallest absolute Gasteiger partial charge is 0.329 e. The Morgan fingerprint density at radius 1 is 0.909 bits per heavy atom. The summed E-state index contributed by atoms with van der Waals surface area (Å²) in [6, 6.07) is -1.12. The van der Waals surface area contributed by atoms with Crippen molar-refractivity contribution in [1.29, 1.82) is 0 Å². The van der Waals surface area contributed by atoms with Gasteiger partial charge in [0.25, 0.3) is 11.7 Å². The molecule has 2 bridgehead atoms. The number of esters is 1. The molecule has 14 atom stereocenters. The van der Waals surface area contributed by atoms with Crippen LogP contribution in [-0.4, -0.2) is 137 Å². The van der Waals surface area contributed by atoms with Crippen molar-refractivity contribution in [3.63, 3.8) is 0 Å². The highest BCUT2D eigenvalue weighted by molar-refractivity contribution is 6.74. The molecular formula is C51H85NO13Si. The van der Waals surface area contributed by atoms with Gasteiger partial charge in [-0.3, -0.25) is 14.4 Å². The van der Waals surface area contributed by atoms with Gasteiger partial charge in [-0.1, -0.05) is 66.2 Å². The van der Waals surface area contributed by atoms with Gasteiger partial charge in [0.2, 0.25) is 5.79 Å². The number of hydrogen-bond donors (Lipinski definition) is 1. The Morgan fingerprint density at radius 2 is 1.56 bits per heavy atom. The standard InChI is InChI=1S/C51H85NO13Si/c1-15-37-25-31(2)24-32(3)26-43(60-11)46-44(61-12)28-34(5)51(58,64-46)47(55)48(56)52-21-17-16-18-38(52)49(57)63-45(35(6)41(30-39(37)54)65-66(13,14)50(7,8)9)33(4)27-36-19-20-40(62-23-22-53)42(29-36)59-10/h22,25,27,32,34-38,40-46,58H,15-21,23-24,26,28-30H2,1-14H3/b31-25+,33-27?. The molecule has 2 saturated heterocycles. The fraction of sp³-hybridized carbons (Fsp3) is 0.824. The quantitative estimate of drug-likeness (QED) is 0.0702. The van der Waals surface area contributed by atoms with Gasteiger partial charge in [0.15, 0.2) is 8.32 Å². The lowest BCUT2D eigenvalue weighted by Gasteiger charge is -2.47. The lowest BCUT2D eigenvalue weighted by molar-refractivity contribution is -0.302. The molecule has 0 spiro atoms. The van der Waals surface area contributed by atoms with E-state index >= 15 is 0 Å². The molecule has 66 heavy (non-hydrogen) atoms. The number of ketones is 2. The SMILES string of the molecule is CCC1/C=C(\C)CC(C)CC(OC)C2OC(O)(C(=O)C(=O)N3CCCCC3C(=O)OC(C(C)=CC3CCC(OCC=O)C(OC)C3)C(C)C(O[Si](C)(C)C(C)(C)C)CC1=O)C(C)CC2OC. The number of aldehydes is 1. The summed E-state index contributed by atoms with van der Waals surface area (Å²) in [6.07, 6.45) is 6.36. The van der Waals surface area contributed by atoms with E-state index in [-0.39, 0.29) is 73.2 Å². The van der Waals surface area contributed by atoms with E-state index in [1.807, 2.05) is 27.7 Å². The topological polar surface area (TPSA) is 173 Å². The van der Waals surface area contributed by atoms with Crippen LogP contribution < -0.4 is 0 Å². The maximum atomic E-state index is 14.9. The molecule has 15 heteroatoms. The number of carbonyl (C=O) groups is 5. The van der Waals surface area contributed by atoms with E-state index in [2.05, 4.69) is 52.9 Å². The Labute approximate surface area is 396 Å². The van der Waals surface area contributed by atoms with E-state index in [4.69, 9.17) is 32.8 Å². The molecule has 0 aromatic carbocycles. The molecule has 4 rings (SSSR count). The van der Waals surface area contributed by atoms with Gasteiger partial charge in [0.1, 0.15) is 36.9 Å². The zero-order chi connectivity index (χ0) is 49.3. The van der Waals surface area contributed by atoms with E-state index < -0.39 is 80.2 Å². The molecule has 3 fully saturated rings. The third-order valence-electron chi connectivity index (χ3n) is 15.5. The number of Topliss-reactive ketones (excluding diaryl/α,β-unsaturated/α-hetero) is 2. The monoisotopic (exact) mass is 948 g/mol. The summed E-state index contributed by atoms with van der Waals surface area (Å²) in [5.74, 6) is -6.96. The number of fused-ring (bicyclic) bond motifs is 3. The summed E-state index contributed by atoms with van der Waals surface area (Å²) >= 11 is 0. The highest BCUT2D eigenvalue weighted by Crippen LogP contribution is 2.42. The maximum absolute atomic E-state index is 14.9. The average Bonchev–Trinajstić information content (AvgIpc) is 3.27. The molecule has 3 heterocycles. The van der Waals surface area contributed by atoms with Gasteiger partial charge in [-0.05, 0) is 114 Å². The molecule has 3 aliphatic heterocycles. The van der Waals surface area contributed by atoms with Crippen molar-refractivity contribution in [2.45, 2.75) is 206 Å². The van der Waals surface area contributed by atoms with Gasteiger partial charge < -0.3 is 47.6 Å². The minimum Gasteiger partial charge on any atom is -0.456 e. The number of carbonyl (C=O) groups excluding carboxylic acids is 5. The molecule has 0 aromatic rings. The van der Waals surface area contributed by atoms with Crippen molar-refractivity contribution in [3.05, 3.63) is 23.3 Å². The summed E-state index contributed by atoms with van der Waals surface area (Å²) in [5, 5.41) is 12.0. The molecule has 14 unspecified atom stereocenters. The second-order valence-electron chi connectivity index (χ2n) is 21.5. The van der Waals surface area contributed by atoms with Gasteiger partial charge >= 0.3 is 5.97 Å². The van der Waals surface area contributed by atoms with Crippen molar-refractivity contribution >= 4 is 38.0 Å². The van der Waals surface area contributed by atoms with E-state index in [9.17, 15) is 29.1 Å². The van der Waals surface area contributed by atoms with Crippen molar-refractivity contribution in [3.8, 4) is 0 Å². The highest BCUT2D eigenvalue weighted by Gasteiger charge is 2.57. The van der Waals surface area contributed by atoms with Crippen LogP contribution in [0.5, 0.6) is 0 Å². The molecule has 1 aliphatic carbocycles. The van der Waals surface area contributed by atoms with Crippen LogP contribution in [0.4, 0.5) is 0 Å². The average molecular weight is 948 g/mol. The predicted molar refractivity (Wildman–Crippen MR) is 254 cm³/mol. The summed E-state index contributed by atoms with van der Waals surface area (Å²) in [6.45, 7) is 22.6. The van der Waals surface area contributed by atoms with Crippen LogP contribution in [0.25, 0.3) is 0 Å². The molecule has 14 nitrogen and oxygen atoms in total. The summed E-state index contributed by atoms with van der Waals surface area (Å²) in [5.41, 5.74) is 1.81. The van der Waals surface area contributed by atoms with Crippen LogP contribution in [-0.2, 0) is 56.8 Å². The molecule has 376 valence electrons. The van der Waals surface area contributed by atoms with Gasteiger partial charge in [0, 0.05) is 52.0 Å². The number of allylic oxidation sites excluding steroid dienone is 3. The molecule has 0 radical (unpaired) electrons. The fourth-order valence-corrected chi connectivity index (χ4v) is 11.8. The summed E-state index contributed by atoms with van der Waals surface area (Å²) < 4.78 is 43.7. The normalized spacial score (nSPS) is 37.6. The van der Waals surface area contributed by atoms with Gasteiger partial charge in [-0.25, -0.2) is 4.79 Å². The number of cyclic esters (lactones) is 1. The first-order valence-corrected chi connectivity index (χ1v) is 27.5. The number of amides is 1. The van der Waals surface area contributed by atoms with E-state index in [1.165, 1.54) is 4.90 Å². The molecule has 1 N–H and O–H groups in total. The van der Waals surface area contributed by atoms with E-state index in [0.29, 0.717) is 44.9 Å². The van der Waals surface area contributed by atoms with E-state index in [1.54, 1.807) is 28.3 Å². The van der Waals surface area contributed by atoms with Gasteiger partial charge in [0.05, 0.1) is 30.5 Å². The first kappa shape index (κ1) is 56.0. The summed E-state index contributed by atoms with van der Waals surface area (Å²) in [7, 11) is 2.19. The maximum Gasteiger partial charge on any atom is 0.329 e. The largest absolute Gasteiger partial charge is 0.456 e. The molecule has 1 amide bonds. The lowest BCUT2D eigenvalue weighted by atomic mass is 9.81. The van der Waals surface area contributed by atoms with Crippen molar-refractivity contribution in [1.82, 2.24) is 4.90 Å². The Hall–Kier alpha value is -2.63. The van der Waals surface area contributed by atoms with Crippen LogP contribution in [0.2, 0.25) is 18.1 Å². The molecular weight excluding hydrogens is 863 g/mol. The van der Waals surface area contributed by atoms with Crippen molar-refractivity contribution in [2.24, 2.45) is 29.6 Å². The molecule has 1 saturated carbocycles. The second-order valence-corrected chi connectivity index (χ2v) is 26.2. The van der Waals surface area contributed by atoms with Crippen LogP contribution in [0.3, 0.4) is 0 Å². The Bertz CT molecular complexity index is 1730. The Kier molecular flexibility index (Phi) is 20.6. The highest BCUT2D eigenvalue weighted by atomic mass is 28.4. The number of nitrogens with zero attached hydrogens (tertiary/aromatic N) is 1. The fourth-order valence-electron chi connectivity index (χ4n) is 10.4. The number of ether oxygens (including phenoxy) is 6. The lowest BCUT2D eigenvalue weighted by Crippen LogP contribution is -2.64. The third kappa shape index (κ3) is 13.6. The molecule has 4 aliphatic rings. The van der Waals surface area contributed by atoms with Crippen LogP contribution in [0, 0.1) is 29.6 Å². The third-order valence-corrected chi connectivity index (χ3v) is 20.0. The van der Waals surface area contributed by atoms with Crippen molar-refractivity contribution < 1.29 is 61.9 Å². The van der Waals surface area contributed by atoms with E-state index in [0.717, 1.165) is 23.9 Å². The Balaban J connectivity index is 1.87. The minimum atomic E-state index is -2.54. The first-order valence-electron chi connectivity index (χ1n) is 24.6. The van der Waals surface area contributed by atoms with Crippen LogP contribution >= 0.6 is 0 Å². The van der Waals surface area contributed by atoms with Gasteiger partial charge in [-0.2, -0.15) is 0 Å². The van der Waals surface area contributed by atoms with Gasteiger partial charge in [-0.15, -0.1) is 0 Å². The Morgan fingerprint density at radius 3 is 2.17 bits per heavy atom. The predicted octanol–water partition coefficient (Wildman–Crippen LogP) is 7.73. The zero-order valence-corrected chi connectivity index (χ0v) is 43.7. The van der Waals surface area contributed by atoms with Crippen LogP contribution in [0.15, 0.2) is 23.3 Å². The number of piperidine rings is 1. The zero-order valence-electron chi connectivity index (χ0n) is 42.7. The summed E-state index contributed by atoms with van der Waals surface area (Å²) in [4.78, 5) is 70.9. The first-order chi connectivity index (χ1) is 31.0. The molecule has 0 aromatic heterocycles. The number of aliphatic hydroxyl groups is 1. The second kappa shape index (κ2) is 24.3. The number of hydrogen-bond acceptors (Lipinski definition) is 13. The van der Waals surface area contributed by atoms with Crippen LogP contribution in [0.1, 0.15) is 133 Å². The number of methoxy groups -OCH3 is 3.